The van der Waals surface area contributed by atoms with Crippen LogP contribution in [-0.4, -0.2) is 28.9 Å². The van der Waals surface area contributed by atoms with E-state index in [-0.39, 0.29) is 5.91 Å². The van der Waals surface area contributed by atoms with E-state index >= 15 is 0 Å². The molecule has 90 valence electrons. The van der Waals surface area contributed by atoms with E-state index in [1.807, 2.05) is 18.7 Å². The minimum atomic E-state index is 0.0323. The Morgan fingerprint density at radius 3 is 2.82 bits per heavy atom. The standard InChI is InChI=1S/C13H15ClN2O/c1-9-4-3-5-16(8-9)13(17)11-6-10(2)15-12(14)7-11/h4,6-7H,3,5,8H2,1-2H3. The summed E-state index contributed by atoms with van der Waals surface area (Å²) >= 11 is 5.87. The smallest absolute Gasteiger partial charge is 0.254 e. The average Bonchev–Trinajstić information content (AvgIpc) is 2.26. The van der Waals surface area contributed by atoms with Crippen molar-refractivity contribution in [3.8, 4) is 0 Å². The predicted molar refractivity (Wildman–Crippen MR) is 68.3 cm³/mol. The normalized spacial score (nSPS) is 15.7. The topological polar surface area (TPSA) is 33.2 Å². The van der Waals surface area contributed by atoms with Gasteiger partial charge in [-0.15, -0.1) is 0 Å². The third-order valence-electron chi connectivity index (χ3n) is 2.79. The van der Waals surface area contributed by atoms with Crippen molar-refractivity contribution in [3.05, 3.63) is 40.2 Å². The number of hydrogen-bond acceptors (Lipinski definition) is 2. The summed E-state index contributed by atoms with van der Waals surface area (Å²) in [4.78, 5) is 18.2. The van der Waals surface area contributed by atoms with Crippen molar-refractivity contribution in [1.82, 2.24) is 9.88 Å². The highest BCUT2D eigenvalue weighted by atomic mass is 35.5. The van der Waals surface area contributed by atoms with Gasteiger partial charge in [0.05, 0.1) is 0 Å². The fourth-order valence-electron chi connectivity index (χ4n) is 2.02. The lowest BCUT2D eigenvalue weighted by molar-refractivity contribution is 0.0765. The van der Waals surface area contributed by atoms with Crippen molar-refractivity contribution in [1.29, 1.82) is 0 Å². The zero-order valence-corrected chi connectivity index (χ0v) is 10.8. The molecule has 17 heavy (non-hydrogen) atoms. The molecule has 2 rings (SSSR count). The molecule has 0 fully saturated rings. The molecule has 0 N–H and O–H groups in total. The molecular weight excluding hydrogens is 236 g/mol. The maximum Gasteiger partial charge on any atom is 0.254 e. The Balaban J connectivity index is 2.22. The van der Waals surface area contributed by atoms with Crippen LogP contribution in [0.1, 0.15) is 29.4 Å². The fraction of sp³-hybridized carbons (Fsp3) is 0.385. The summed E-state index contributed by atoms with van der Waals surface area (Å²) in [5.41, 5.74) is 2.63. The zero-order chi connectivity index (χ0) is 12.4. The molecule has 0 unspecified atom stereocenters. The number of amides is 1. The Morgan fingerprint density at radius 2 is 2.18 bits per heavy atom. The Kier molecular flexibility index (Phi) is 3.48. The minimum Gasteiger partial charge on any atom is -0.334 e. The van der Waals surface area contributed by atoms with Gasteiger partial charge >= 0.3 is 0 Å². The van der Waals surface area contributed by atoms with Gasteiger partial charge in [-0.05, 0) is 32.4 Å². The lowest BCUT2D eigenvalue weighted by atomic mass is 10.1. The molecule has 4 heteroatoms. The van der Waals surface area contributed by atoms with Crippen LogP contribution in [0.4, 0.5) is 0 Å². The van der Waals surface area contributed by atoms with Gasteiger partial charge in [-0.3, -0.25) is 4.79 Å². The molecule has 0 spiro atoms. The van der Waals surface area contributed by atoms with E-state index in [1.54, 1.807) is 12.1 Å². The number of nitrogens with zero attached hydrogens (tertiary/aromatic N) is 2. The van der Waals surface area contributed by atoms with Crippen LogP contribution >= 0.6 is 11.6 Å². The van der Waals surface area contributed by atoms with Gasteiger partial charge in [0.1, 0.15) is 5.15 Å². The first kappa shape index (κ1) is 12.1. The Bertz CT molecular complexity index is 462. The van der Waals surface area contributed by atoms with Crippen LogP contribution in [0.25, 0.3) is 0 Å². The van der Waals surface area contributed by atoms with Gasteiger partial charge < -0.3 is 4.90 Å². The number of rotatable bonds is 1. The van der Waals surface area contributed by atoms with Gasteiger partial charge in [-0.25, -0.2) is 4.98 Å². The molecule has 0 saturated carbocycles. The lowest BCUT2D eigenvalue weighted by Crippen LogP contribution is -2.35. The van der Waals surface area contributed by atoms with E-state index in [9.17, 15) is 4.79 Å². The van der Waals surface area contributed by atoms with Crippen LogP contribution in [0, 0.1) is 6.92 Å². The lowest BCUT2D eigenvalue weighted by Gasteiger charge is -2.26. The predicted octanol–water partition coefficient (Wildman–Crippen LogP) is 2.84. The van der Waals surface area contributed by atoms with Crippen molar-refractivity contribution in [2.75, 3.05) is 13.1 Å². The number of aromatic nitrogens is 1. The molecule has 1 aliphatic heterocycles. The third kappa shape index (κ3) is 2.86. The number of aryl methyl sites for hydroxylation is 1. The van der Waals surface area contributed by atoms with E-state index in [1.165, 1.54) is 5.57 Å². The van der Waals surface area contributed by atoms with E-state index in [4.69, 9.17) is 11.6 Å². The molecule has 0 bridgehead atoms. The summed E-state index contributed by atoms with van der Waals surface area (Å²) < 4.78 is 0. The Hall–Kier alpha value is -1.35. The SMILES string of the molecule is CC1=CCCN(C(=O)c2cc(C)nc(Cl)c2)C1. The van der Waals surface area contributed by atoms with Crippen LogP contribution in [0.3, 0.4) is 0 Å². The first-order valence-electron chi connectivity index (χ1n) is 5.65. The summed E-state index contributed by atoms with van der Waals surface area (Å²) in [7, 11) is 0. The Labute approximate surface area is 106 Å². The summed E-state index contributed by atoms with van der Waals surface area (Å²) in [6.45, 7) is 5.36. The molecule has 0 saturated heterocycles. The number of hydrogen-bond donors (Lipinski definition) is 0. The highest BCUT2D eigenvalue weighted by molar-refractivity contribution is 6.29. The fourth-order valence-corrected chi connectivity index (χ4v) is 2.27. The van der Waals surface area contributed by atoms with Crippen LogP contribution in [0.5, 0.6) is 0 Å². The van der Waals surface area contributed by atoms with E-state index in [0.717, 1.165) is 18.7 Å². The van der Waals surface area contributed by atoms with Crippen molar-refractivity contribution in [2.24, 2.45) is 0 Å². The second-order valence-electron chi connectivity index (χ2n) is 4.39. The number of halogens is 1. The molecule has 1 aromatic heterocycles. The van der Waals surface area contributed by atoms with E-state index in [2.05, 4.69) is 11.1 Å². The van der Waals surface area contributed by atoms with Crippen molar-refractivity contribution in [2.45, 2.75) is 20.3 Å². The summed E-state index contributed by atoms with van der Waals surface area (Å²) in [6, 6.07) is 3.41. The molecule has 0 radical (unpaired) electrons. The maximum absolute atomic E-state index is 12.3. The quantitative estimate of drug-likeness (QED) is 0.567. The monoisotopic (exact) mass is 250 g/mol. The molecule has 0 aromatic carbocycles. The molecule has 1 aliphatic rings. The first-order chi connectivity index (χ1) is 8.06. The molecule has 0 aliphatic carbocycles. The van der Waals surface area contributed by atoms with Crippen molar-refractivity contribution >= 4 is 17.5 Å². The van der Waals surface area contributed by atoms with Gasteiger partial charge in [-0.1, -0.05) is 23.3 Å². The highest BCUT2D eigenvalue weighted by Gasteiger charge is 2.18. The van der Waals surface area contributed by atoms with Gasteiger partial charge in [0.15, 0.2) is 0 Å². The van der Waals surface area contributed by atoms with E-state index < -0.39 is 0 Å². The van der Waals surface area contributed by atoms with Gasteiger partial charge in [0.2, 0.25) is 0 Å². The molecular formula is C13H15ClN2O. The Morgan fingerprint density at radius 1 is 1.41 bits per heavy atom. The third-order valence-corrected chi connectivity index (χ3v) is 2.98. The molecule has 3 nitrogen and oxygen atoms in total. The minimum absolute atomic E-state index is 0.0323. The number of carbonyl (C=O) groups excluding carboxylic acids is 1. The van der Waals surface area contributed by atoms with Crippen molar-refractivity contribution < 1.29 is 4.79 Å². The largest absolute Gasteiger partial charge is 0.334 e. The molecule has 1 aromatic rings. The first-order valence-corrected chi connectivity index (χ1v) is 6.03. The van der Waals surface area contributed by atoms with Gasteiger partial charge in [0, 0.05) is 24.3 Å². The molecule has 2 heterocycles. The zero-order valence-electron chi connectivity index (χ0n) is 10.0. The van der Waals surface area contributed by atoms with Crippen LogP contribution in [0.15, 0.2) is 23.8 Å². The maximum atomic E-state index is 12.3. The van der Waals surface area contributed by atoms with Crippen LogP contribution < -0.4 is 0 Å². The van der Waals surface area contributed by atoms with Crippen LogP contribution in [0.2, 0.25) is 5.15 Å². The molecule has 0 atom stereocenters. The average molecular weight is 251 g/mol. The number of pyridine rings is 1. The summed E-state index contributed by atoms with van der Waals surface area (Å²) in [5, 5.41) is 0.373. The highest BCUT2D eigenvalue weighted by Crippen LogP contribution is 2.16. The van der Waals surface area contributed by atoms with Gasteiger partial charge in [0.25, 0.3) is 5.91 Å². The second kappa shape index (κ2) is 4.88. The summed E-state index contributed by atoms with van der Waals surface area (Å²) in [6.07, 6.45) is 3.10. The summed E-state index contributed by atoms with van der Waals surface area (Å²) in [5.74, 6) is 0.0323. The molecule has 1 amide bonds. The number of carbonyl (C=O) groups is 1. The van der Waals surface area contributed by atoms with E-state index in [0.29, 0.717) is 17.3 Å². The van der Waals surface area contributed by atoms with Gasteiger partial charge in [-0.2, -0.15) is 0 Å². The van der Waals surface area contributed by atoms with Crippen LogP contribution in [-0.2, 0) is 0 Å². The van der Waals surface area contributed by atoms with Crippen molar-refractivity contribution in [3.63, 3.8) is 0 Å². The second-order valence-corrected chi connectivity index (χ2v) is 4.77.